The fourth-order valence-corrected chi connectivity index (χ4v) is 2.88. The van der Waals surface area contributed by atoms with E-state index in [0.717, 1.165) is 0 Å². The number of carboxylic acid groups (broad SMARTS) is 1. The molecule has 0 aliphatic carbocycles. The Bertz CT molecular complexity index is 633. The molecule has 2 rings (SSSR count). The number of carbonyl (C=O) groups is 1. The maximum absolute atomic E-state index is 13.0. The molecule has 0 unspecified atom stereocenters. The molecule has 0 radical (unpaired) electrons. The molecule has 1 N–H and O–H groups in total. The summed E-state index contributed by atoms with van der Waals surface area (Å²) in [4.78, 5) is 22.8. The van der Waals surface area contributed by atoms with Crippen LogP contribution in [0.25, 0.3) is 0 Å². The Labute approximate surface area is 129 Å². The molecule has 0 saturated carbocycles. The monoisotopic (exact) mass is 332 g/mol. The first-order valence-electron chi connectivity index (χ1n) is 6.86. The molecule has 0 bridgehead atoms. The van der Waals surface area contributed by atoms with Crippen LogP contribution in [0.15, 0.2) is 18.2 Å². The third-order valence-electron chi connectivity index (χ3n) is 4.14. The minimum absolute atomic E-state index is 0.0455. The van der Waals surface area contributed by atoms with Crippen LogP contribution in [0.4, 0.5) is 18.9 Å². The molecule has 23 heavy (non-hydrogen) atoms. The van der Waals surface area contributed by atoms with Crippen molar-refractivity contribution in [1.82, 2.24) is 4.90 Å². The van der Waals surface area contributed by atoms with Gasteiger partial charge < -0.3 is 5.11 Å². The summed E-state index contributed by atoms with van der Waals surface area (Å²) in [5.41, 5.74) is 0.787. The van der Waals surface area contributed by atoms with Crippen molar-refractivity contribution in [2.75, 3.05) is 13.1 Å². The number of nitrogens with zero attached hydrogens (tertiary/aromatic N) is 2. The third-order valence-corrected chi connectivity index (χ3v) is 4.14. The molecular weight excluding hydrogens is 317 g/mol. The number of nitro benzene ring substituents is 1. The van der Waals surface area contributed by atoms with Gasteiger partial charge in [0.15, 0.2) is 0 Å². The zero-order valence-electron chi connectivity index (χ0n) is 12.2. The largest absolute Gasteiger partial charge is 0.481 e. The van der Waals surface area contributed by atoms with Gasteiger partial charge in [-0.25, -0.2) is 0 Å². The highest BCUT2D eigenvalue weighted by Gasteiger charge is 2.52. The Morgan fingerprint density at radius 2 is 2.09 bits per heavy atom. The second-order valence-corrected chi connectivity index (χ2v) is 5.61. The molecule has 0 amide bonds. The van der Waals surface area contributed by atoms with Crippen molar-refractivity contribution in [2.45, 2.75) is 19.6 Å². The molecule has 1 aliphatic heterocycles. The van der Waals surface area contributed by atoms with Crippen LogP contribution in [0.1, 0.15) is 11.1 Å². The molecule has 1 saturated heterocycles. The number of alkyl halides is 3. The minimum Gasteiger partial charge on any atom is -0.481 e. The van der Waals surface area contributed by atoms with Crippen LogP contribution in [0.2, 0.25) is 0 Å². The second-order valence-electron chi connectivity index (χ2n) is 5.61. The Morgan fingerprint density at radius 3 is 2.57 bits per heavy atom. The maximum Gasteiger partial charge on any atom is 0.393 e. The van der Waals surface area contributed by atoms with Gasteiger partial charge in [-0.3, -0.25) is 19.8 Å². The highest BCUT2D eigenvalue weighted by molar-refractivity contribution is 5.71. The lowest BCUT2D eigenvalue weighted by Crippen LogP contribution is -2.33. The van der Waals surface area contributed by atoms with Gasteiger partial charge in [0, 0.05) is 31.3 Å². The summed E-state index contributed by atoms with van der Waals surface area (Å²) in [5.74, 6) is -4.93. The van der Waals surface area contributed by atoms with Gasteiger partial charge >= 0.3 is 12.1 Å². The van der Waals surface area contributed by atoms with E-state index in [1.165, 1.54) is 24.0 Å². The van der Waals surface area contributed by atoms with Gasteiger partial charge in [-0.1, -0.05) is 12.1 Å². The molecule has 1 fully saturated rings. The van der Waals surface area contributed by atoms with Crippen molar-refractivity contribution >= 4 is 11.7 Å². The van der Waals surface area contributed by atoms with E-state index in [4.69, 9.17) is 5.11 Å². The first-order valence-corrected chi connectivity index (χ1v) is 6.86. The molecule has 1 aliphatic rings. The quantitative estimate of drug-likeness (QED) is 0.677. The van der Waals surface area contributed by atoms with Gasteiger partial charge in [0.2, 0.25) is 0 Å². The highest BCUT2D eigenvalue weighted by atomic mass is 19.4. The van der Waals surface area contributed by atoms with E-state index in [1.807, 2.05) is 0 Å². The zero-order valence-corrected chi connectivity index (χ0v) is 12.2. The number of benzene rings is 1. The maximum atomic E-state index is 13.0. The summed E-state index contributed by atoms with van der Waals surface area (Å²) in [5, 5.41) is 19.9. The van der Waals surface area contributed by atoms with Gasteiger partial charge in [-0.05, 0) is 12.5 Å². The van der Waals surface area contributed by atoms with Crippen LogP contribution in [0.5, 0.6) is 0 Å². The Kier molecular flexibility index (Phi) is 4.60. The van der Waals surface area contributed by atoms with E-state index in [2.05, 4.69) is 0 Å². The van der Waals surface area contributed by atoms with Crippen molar-refractivity contribution < 1.29 is 28.0 Å². The molecule has 0 spiro atoms. The van der Waals surface area contributed by atoms with Crippen molar-refractivity contribution in [3.05, 3.63) is 39.4 Å². The Balaban J connectivity index is 2.21. The van der Waals surface area contributed by atoms with Crippen LogP contribution in [0, 0.1) is 28.9 Å². The molecule has 9 heteroatoms. The third kappa shape index (κ3) is 3.61. The Morgan fingerprint density at radius 1 is 1.43 bits per heavy atom. The first-order chi connectivity index (χ1) is 10.6. The summed E-state index contributed by atoms with van der Waals surface area (Å²) in [7, 11) is 0. The van der Waals surface area contributed by atoms with Crippen molar-refractivity contribution in [2.24, 2.45) is 11.8 Å². The molecule has 1 heterocycles. The van der Waals surface area contributed by atoms with Gasteiger partial charge in [0.25, 0.3) is 5.69 Å². The molecule has 6 nitrogen and oxygen atoms in total. The lowest BCUT2D eigenvalue weighted by molar-refractivity contribution is -0.385. The summed E-state index contributed by atoms with van der Waals surface area (Å²) < 4.78 is 38.9. The number of nitro groups is 1. The van der Waals surface area contributed by atoms with E-state index >= 15 is 0 Å². The highest BCUT2D eigenvalue weighted by Crippen LogP contribution is 2.38. The van der Waals surface area contributed by atoms with Gasteiger partial charge in [-0.2, -0.15) is 13.2 Å². The molecular formula is C14H15F3N2O4. The molecule has 0 aromatic heterocycles. The second kappa shape index (κ2) is 6.15. The fourth-order valence-electron chi connectivity index (χ4n) is 2.88. The first kappa shape index (κ1) is 17.2. The molecule has 1 aromatic rings. The van der Waals surface area contributed by atoms with Crippen LogP contribution in [-0.2, 0) is 11.3 Å². The van der Waals surface area contributed by atoms with E-state index in [-0.39, 0.29) is 18.8 Å². The van der Waals surface area contributed by atoms with Crippen molar-refractivity contribution in [3.63, 3.8) is 0 Å². The zero-order chi connectivity index (χ0) is 17.4. The number of aliphatic carboxylic acids is 1. The molecule has 2 atom stereocenters. The fraction of sp³-hybridized carbons (Fsp3) is 0.500. The SMILES string of the molecule is Cc1c(CN2C[C@@H](C(F)(F)F)[C@H](C(=O)O)C2)cccc1[N+](=O)[O-]. The number of likely N-dealkylation sites (tertiary alicyclic amines) is 1. The molecule has 126 valence electrons. The average Bonchev–Trinajstić information content (AvgIpc) is 2.85. The number of hydrogen-bond donors (Lipinski definition) is 1. The summed E-state index contributed by atoms with van der Waals surface area (Å²) >= 11 is 0. The van der Waals surface area contributed by atoms with Crippen molar-refractivity contribution in [3.8, 4) is 0 Å². The van der Waals surface area contributed by atoms with E-state index in [1.54, 1.807) is 6.07 Å². The number of carboxylic acids is 1. The van der Waals surface area contributed by atoms with Crippen LogP contribution >= 0.6 is 0 Å². The Hall–Kier alpha value is -2.16. The van der Waals surface area contributed by atoms with Gasteiger partial charge in [0.1, 0.15) is 0 Å². The number of rotatable bonds is 4. The summed E-state index contributed by atoms with van der Waals surface area (Å²) in [6.45, 7) is 0.910. The predicted octanol–water partition coefficient (Wildman–Crippen LogP) is 2.60. The topological polar surface area (TPSA) is 83.7 Å². The van der Waals surface area contributed by atoms with Crippen molar-refractivity contribution in [1.29, 1.82) is 0 Å². The van der Waals surface area contributed by atoms with Crippen LogP contribution in [-0.4, -0.2) is 40.2 Å². The van der Waals surface area contributed by atoms with Crippen LogP contribution < -0.4 is 0 Å². The smallest absolute Gasteiger partial charge is 0.393 e. The standard InChI is InChI=1S/C14H15F3N2O4/c1-8-9(3-2-4-12(8)19(22)23)5-18-6-10(13(20)21)11(7-18)14(15,16)17/h2-4,10-11H,5-7H2,1H3,(H,20,21)/t10-,11-/m1/s1. The number of hydrogen-bond acceptors (Lipinski definition) is 4. The normalized spacial score (nSPS) is 22.3. The predicted molar refractivity (Wildman–Crippen MR) is 73.8 cm³/mol. The van der Waals surface area contributed by atoms with E-state index in [9.17, 15) is 28.1 Å². The van der Waals surface area contributed by atoms with E-state index in [0.29, 0.717) is 11.1 Å². The molecule has 1 aromatic carbocycles. The lowest BCUT2D eigenvalue weighted by atomic mass is 9.96. The summed E-state index contributed by atoms with van der Waals surface area (Å²) in [6.07, 6.45) is -4.59. The summed E-state index contributed by atoms with van der Waals surface area (Å²) in [6, 6.07) is 4.38. The number of halogens is 3. The van der Waals surface area contributed by atoms with E-state index < -0.39 is 35.4 Å². The minimum atomic E-state index is -4.59. The lowest BCUT2D eigenvalue weighted by Gasteiger charge is -2.19. The van der Waals surface area contributed by atoms with Gasteiger partial charge in [0.05, 0.1) is 16.8 Å². The van der Waals surface area contributed by atoms with Gasteiger partial charge in [-0.15, -0.1) is 0 Å². The average molecular weight is 332 g/mol. The van der Waals surface area contributed by atoms with Crippen LogP contribution in [0.3, 0.4) is 0 Å².